The van der Waals surface area contributed by atoms with E-state index < -0.39 is 58.1 Å². The number of carbonyl (C=O) groups is 1. The summed E-state index contributed by atoms with van der Waals surface area (Å²) >= 11 is 0. The minimum Gasteiger partial charge on any atom is -0.380 e. The lowest BCUT2D eigenvalue weighted by Crippen LogP contribution is -2.18. The molecule has 2 rings (SSSR count). The van der Waals surface area contributed by atoms with Crippen molar-refractivity contribution in [3.63, 3.8) is 0 Å². The Morgan fingerprint density at radius 2 is 1.27 bits per heavy atom. The smallest absolute Gasteiger partial charge is 0.380 e. The number of aliphatic hydroxyl groups is 1. The number of hydrogen-bond acceptors (Lipinski definition) is 2. The molecule has 0 spiro atoms. The van der Waals surface area contributed by atoms with Gasteiger partial charge in [0, 0.05) is 5.56 Å². The molecule has 2 nitrogen and oxygen atoms in total. The van der Waals surface area contributed by atoms with Gasteiger partial charge in [-0.3, -0.25) is 4.79 Å². The van der Waals surface area contributed by atoms with Gasteiger partial charge in [0.25, 0.3) is 0 Å². The van der Waals surface area contributed by atoms with E-state index in [1.54, 1.807) is 0 Å². The summed E-state index contributed by atoms with van der Waals surface area (Å²) in [5.74, 6) is -4.58. The molecule has 0 bridgehead atoms. The minimum atomic E-state index is -4.94. The molecule has 0 fully saturated rings. The maximum absolute atomic E-state index is 13.7. The first-order valence-corrected chi connectivity index (χ1v) is 6.78. The summed E-state index contributed by atoms with van der Waals surface area (Å²) in [5.41, 5.74) is -5.19. The second kappa shape index (κ2) is 6.67. The highest BCUT2D eigenvalue weighted by molar-refractivity contribution is 6.00. The molecule has 0 amide bonds. The van der Waals surface area contributed by atoms with Crippen molar-refractivity contribution in [3.05, 3.63) is 70.3 Å². The van der Waals surface area contributed by atoms with E-state index in [9.17, 15) is 45.0 Å². The van der Waals surface area contributed by atoms with E-state index in [2.05, 4.69) is 0 Å². The van der Waals surface area contributed by atoms with Gasteiger partial charge in [-0.1, -0.05) is 0 Å². The SMILES string of the molecule is O=C(c1cc(C(F)(F)F)ccc1F)C(O)c1cc(C(F)(F)F)ccc1F. The van der Waals surface area contributed by atoms with Crippen molar-refractivity contribution in [1.29, 1.82) is 0 Å². The first kappa shape index (κ1) is 19.8. The van der Waals surface area contributed by atoms with Gasteiger partial charge >= 0.3 is 12.4 Å². The molecular weight excluding hydrogens is 376 g/mol. The zero-order chi connectivity index (χ0) is 19.9. The van der Waals surface area contributed by atoms with Gasteiger partial charge in [-0.2, -0.15) is 26.3 Å². The second-order valence-corrected chi connectivity index (χ2v) is 5.19. The topological polar surface area (TPSA) is 37.3 Å². The van der Waals surface area contributed by atoms with E-state index in [1.807, 2.05) is 0 Å². The Hall–Kier alpha value is -2.49. The number of hydrogen-bond donors (Lipinski definition) is 1. The zero-order valence-electron chi connectivity index (χ0n) is 12.4. The fraction of sp³-hybridized carbons (Fsp3) is 0.188. The number of rotatable bonds is 3. The predicted molar refractivity (Wildman–Crippen MR) is 72.1 cm³/mol. The van der Waals surface area contributed by atoms with Crippen LogP contribution in [-0.4, -0.2) is 10.9 Å². The number of Topliss-reactive ketones (excluding diaryl/α,β-unsaturated/α-hetero) is 1. The molecule has 0 saturated heterocycles. The molecule has 0 saturated carbocycles. The van der Waals surface area contributed by atoms with Crippen LogP contribution in [0, 0.1) is 11.6 Å². The fourth-order valence-corrected chi connectivity index (χ4v) is 2.11. The number of carbonyl (C=O) groups excluding carboxylic acids is 1. The van der Waals surface area contributed by atoms with Crippen LogP contribution in [0.25, 0.3) is 0 Å². The van der Waals surface area contributed by atoms with E-state index in [0.29, 0.717) is 24.3 Å². The van der Waals surface area contributed by atoms with Gasteiger partial charge < -0.3 is 5.11 Å². The highest BCUT2D eigenvalue weighted by Crippen LogP contribution is 2.34. The van der Waals surface area contributed by atoms with E-state index in [-0.39, 0.29) is 12.1 Å². The van der Waals surface area contributed by atoms with Gasteiger partial charge in [0.1, 0.15) is 17.7 Å². The quantitative estimate of drug-likeness (QED) is 0.603. The van der Waals surface area contributed by atoms with Crippen LogP contribution >= 0.6 is 0 Å². The largest absolute Gasteiger partial charge is 0.416 e. The standard InChI is InChI=1S/C16H8F8O2/c17-11-3-1-7(15(19,20)21)5-9(11)13(25)14(26)10-6-8(16(22,23)24)2-4-12(10)18/h1-6,13,25H. The Morgan fingerprint density at radius 1 is 0.808 bits per heavy atom. The molecule has 0 heterocycles. The molecule has 1 atom stereocenters. The molecular formula is C16H8F8O2. The number of halogens is 8. The van der Waals surface area contributed by atoms with Crippen LogP contribution in [0.5, 0.6) is 0 Å². The summed E-state index contributed by atoms with van der Waals surface area (Å²) in [6, 6.07) is 1.54. The van der Waals surface area contributed by atoms with Gasteiger partial charge in [-0.25, -0.2) is 8.78 Å². The number of alkyl halides is 6. The van der Waals surface area contributed by atoms with Crippen LogP contribution in [0.2, 0.25) is 0 Å². The molecule has 0 radical (unpaired) electrons. The molecule has 0 aliphatic heterocycles. The number of aliphatic hydroxyl groups excluding tert-OH is 1. The average molecular weight is 384 g/mol. The maximum atomic E-state index is 13.7. The molecule has 0 aromatic heterocycles. The third-order valence-electron chi connectivity index (χ3n) is 3.43. The van der Waals surface area contributed by atoms with Crippen molar-refractivity contribution in [2.45, 2.75) is 18.5 Å². The Labute approximate surface area is 140 Å². The van der Waals surface area contributed by atoms with Crippen LogP contribution in [0.4, 0.5) is 35.1 Å². The highest BCUT2D eigenvalue weighted by atomic mass is 19.4. The normalized spacial score (nSPS) is 13.6. The van der Waals surface area contributed by atoms with Gasteiger partial charge in [0.2, 0.25) is 0 Å². The van der Waals surface area contributed by atoms with Crippen LogP contribution in [0.15, 0.2) is 36.4 Å². The monoisotopic (exact) mass is 384 g/mol. The third-order valence-corrected chi connectivity index (χ3v) is 3.43. The molecule has 10 heteroatoms. The van der Waals surface area contributed by atoms with Crippen LogP contribution in [0.3, 0.4) is 0 Å². The van der Waals surface area contributed by atoms with Crippen LogP contribution < -0.4 is 0 Å². The van der Waals surface area contributed by atoms with Gasteiger partial charge in [-0.05, 0) is 36.4 Å². The van der Waals surface area contributed by atoms with E-state index >= 15 is 0 Å². The molecule has 1 N–H and O–H groups in total. The van der Waals surface area contributed by atoms with Gasteiger partial charge in [0.15, 0.2) is 5.78 Å². The Morgan fingerprint density at radius 3 is 1.77 bits per heavy atom. The molecule has 1 unspecified atom stereocenters. The first-order chi connectivity index (χ1) is 11.8. The van der Waals surface area contributed by atoms with Crippen LogP contribution in [-0.2, 0) is 12.4 Å². The van der Waals surface area contributed by atoms with Crippen molar-refractivity contribution in [2.24, 2.45) is 0 Å². The summed E-state index contributed by atoms with van der Waals surface area (Å²) < 4.78 is 103. The summed E-state index contributed by atoms with van der Waals surface area (Å²) in [6.45, 7) is 0. The zero-order valence-corrected chi connectivity index (χ0v) is 12.4. The summed E-state index contributed by atoms with van der Waals surface area (Å²) in [5, 5.41) is 9.83. The summed E-state index contributed by atoms with van der Waals surface area (Å²) in [6.07, 6.45) is -12.5. The van der Waals surface area contributed by atoms with E-state index in [4.69, 9.17) is 0 Å². The average Bonchev–Trinajstić information content (AvgIpc) is 2.52. The van der Waals surface area contributed by atoms with Crippen molar-refractivity contribution in [2.75, 3.05) is 0 Å². The molecule has 2 aromatic rings. The Balaban J connectivity index is 2.48. The lowest BCUT2D eigenvalue weighted by atomic mass is 9.96. The molecule has 2 aromatic carbocycles. The lowest BCUT2D eigenvalue weighted by molar-refractivity contribution is -0.138. The fourth-order valence-electron chi connectivity index (χ4n) is 2.11. The Bertz CT molecular complexity index is 839. The van der Waals surface area contributed by atoms with Gasteiger partial charge in [0.05, 0.1) is 16.7 Å². The molecule has 0 aliphatic carbocycles. The predicted octanol–water partition coefficient (Wildman–Crippen LogP) is 4.92. The van der Waals surface area contributed by atoms with Crippen molar-refractivity contribution < 1.29 is 45.0 Å². The lowest BCUT2D eigenvalue weighted by Gasteiger charge is -2.15. The third kappa shape index (κ3) is 4.01. The summed E-state index contributed by atoms with van der Waals surface area (Å²) in [7, 11) is 0. The second-order valence-electron chi connectivity index (χ2n) is 5.19. The number of benzene rings is 2. The maximum Gasteiger partial charge on any atom is 0.416 e. The number of ketones is 1. The van der Waals surface area contributed by atoms with Crippen molar-refractivity contribution >= 4 is 5.78 Å². The summed E-state index contributed by atoms with van der Waals surface area (Å²) in [4.78, 5) is 12.1. The Kier molecular flexibility index (Phi) is 5.09. The molecule has 26 heavy (non-hydrogen) atoms. The minimum absolute atomic E-state index is 0.0897. The first-order valence-electron chi connectivity index (χ1n) is 6.78. The van der Waals surface area contributed by atoms with Crippen molar-refractivity contribution in [1.82, 2.24) is 0 Å². The molecule has 140 valence electrons. The van der Waals surface area contributed by atoms with Crippen LogP contribution in [0.1, 0.15) is 33.2 Å². The van der Waals surface area contributed by atoms with Gasteiger partial charge in [-0.15, -0.1) is 0 Å². The van der Waals surface area contributed by atoms with E-state index in [1.165, 1.54) is 0 Å². The van der Waals surface area contributed by atoms with Crippen molar-refractivity contribution in [3.8, 4) is 0 Å². The molecule has 0 aliphatic rings. The van der Waals surface area contributed by atoms with E-state index in [0.717, 1.165) is 0 Å². The highest BCUT2D eigenvalue weighted by Gasteiger charge is 2.35.